The molecule has 0 atom stereocenters. The summed E-state index contributed by atoms with van der Waals surface area (Å²) in [6.07, 6.45) is 0. The molecule has 0 saturated carbocycles. The van der Waals surface area contributed by atoms with Crippen molar-refractivity contribution in [3.05, 3.63) is 52.5 Å². The second-order valence-corrected chi connectivity index (χ2v) is 4.82. The molecule has 106 valence electrons. The number of para-hydroxylation sites is 1. The van der Waals surface area contributed by atoms with Crippen LogP contribution < -0.4 is 14.8 Å². The van der Waals surface area contributed by atoms with Gasteiger partial charge in [-0.1, -0.05) is 35.9 Å². The van der Waals surface area contributed by atoms with E-state index < -0.39 is 0 Å². The van der Waals surface area contributed by atoms with E-state index in [1.54, 1.807) is 14.2 Å². The maximum absolute atomic E-state index is 6.35. The van der Waals surface area contributed by atoms with Crippen LogP contribution >= 0.6 is 11.6 Å². The Morgan fingerprint density at radius 2 is 1.80 bits per heavy atom. The van der Waals surface area contributed by atoms with E-state index in [0.29, 0.717) is 23.1 Å². The van der Waals surface area contributed by atoms with E-state index in [-0.39, 0.29) is 0 Å². The number of anilines is 1. The molecule has 0 aliphatic rings. The van der Waals surface area contributed by atoms with Crippen LogP contribution in [0.4, 0.5) is 5.69 Å². The molecule has 3 nitrogen and oxygen atoms in total. The first-order valence-corrected chi connectivity index (χ1v) is 6.74. The molecule has 0 aromatic heterocycles. The van der Waals surface area contributed by atoms with Gasteiger partial charge in [0.05, 0.1) is 19.2 Å². The van der Waals surface area contributed by atoms with Crippen molar-refractivity contribution in [2.45, 2.75) is 13.5 Å². The van der Waals surface area contributed by atoms with Crippen LogP contribution in [0.1, 0.15) is 11.1 Å². The highest BCUT2D eigenvalue weighted by Gasteiger charge is 2.12. The van der Waals surface area contributed by atoms with E-state index in [4.69, 9.17) is 21.1 Å². The van der Waals surface area contributed by atoms with Gasteiger partial charge in [-0.05, 0) is 30.2 Å². The van der Waals surface area contributed by atoms with Crippen molar-refractivity contribution in [3.63, 3.8) is 0 Å². The third-order valence-electron chi connectivity index (χ3n) is 3.18. The number of methoxy groups -OCH3 is 2. The molecular weight excluding hydrogens is 274 g/mol. The lowest BCUT2D eigenvalue weighted by atomic mass is 10.1. The van der Waals surface area contributed by atoms with Crippen LogP contribution in [0, 0.1) is 6.92 Å². The minimum Gasteiger partial charge on any atom is -0.493 e. The summed E-state index contributed by atoms with van der Waals surface area (Å²) in [5.74, 6) is 1.20. The topological polar surface area (TPSA) is 30.5 Å². The van der Waals surface area contributed by atoms with Crippen molar-refractivity contribution in [1.82, 2.24) is 0 Å². The molecule has 0 aliphatic heterocycles. The highest BCUT2D eigenvalue weighted by Crippen LogP contribution is 2.37. The summed E-state index contributed by atoms with van der Waals surface area (Å²) >= 11 is 6.35. The van der Waals surface area contributed by atoms with Gasteiger partial charge in [0.2, 0.25) is 0 Å². The normalized spacial score (nSPS) is 10.2. The lowest BCUT2D eigenvalue weighted by Crippen LogP contribution is -2.03. The molecule has 0 amide bonds. The van der Waals surface area contributed by atoms with Crippen molar-refractivity contribution in [3.8, 4) is 11.5 Å². The standard InChI is InChI=1S/C16H18ClNO2/c1-11-6-4-5-7-13(11)18-10-12-8-9-14(19-2)16(20-3)15(12)17/h4-9,18H,10H2,1-3H3. The molecule has 0 aliphatic carbocycles. The fourth-order valence-electron chi connectivity index (χ4n) is 2.03. The Balaban J connectivity index is 2.20. The molecule has 2 aromatic carbocycles. The van der Waals surface area contributed by atoms with Crippen molar-refractivity contribution < 1.29 is 9.47 Å². The molecule has 0 heterocycles. The molecule has 2 aromatic rings. The van der Waals surface area contributed by atoms with Gasteiger partial charge in [-0.25, -0.2) is 0 Å². The van der Waals surface area contributed by atoms with Gasteiger partial charge in [0.15, 0.2) is 11.5 Å². The molecule has 0 unspecified atom stereocenters. The Hall–Kier alpha value is -1.87. The summed E-state index contributed by atoms with van der Waals surface area (Å²) in [5, 5.41) is 3.95. The maximum Gasteiger partial charge on any atom is 0.179 e. The predicted octanol–water partition coefficient (Wildman–Crippen LogP) is 4.28. The molecule has 0 radical (unpaired) electrons. The lowest BCUT2D eigenvalue weighted by molar-refractivity contribution is 0.355. The predicted molar refractivity (Wildman–Crippen MR) is 83.1 cm³/mol. The number of aryl methyl sites for hydroxylation is 1. The smallest absolute Gasteiger partial charge is 0.179 e. The number of hydrogen-bond acceptors (Lipinski definition) is 3. The molecule has 0 saturated heterocycles. The first kappa shape index (κ1) is 14.5. The first-order valence-electron chi connectivity index (χ1n) is 6.36. The van der Waals surface area contributed by atoms with Gasteiger partial charge in [0.1, 0.15) is 0 Å². The Kier molecular flexibility index (Phi) is 4.74. The van der Waals surface area contributed by atoms with Gasteiger partial charge in [0.25, 0.3) is 0 Å². The van der Waals surface area contributed by atoms with Gasteiger partial charge < -0.3 is 14.8 Å². The average molecular weight is 292 g/mol. The summed E-state index contributed by atoms with van der Waals surface area (Å²) in [7, 11) is 3.18. The largest absolute Gasteiger partial charge is 0.493 e. The van der Waals surface area contributed by atoms with Crippen LogP contribution in [0.2, 0.25) is 5.02 Å². The number of halogens is 1. The van der Waals surface area contributed by atoms with Gasteiger partial charge in [-0.15, -0.1) is 0 Å². The van der Waals surface area contributed by atoms with E-state index in [2.05, 4.69) is 18.3 Å². The van der Waals surface area contributed by atoms with Gasteiger partial charge in [0, 0.05) is 12.2 Å². The minimum atomic E-state index is 0.568. The van der Waals surface area contributed by atoms with Gasteiger partial charge in [-0.2, -0.15) is 0 Å². The monoisotopic (exact) mass is 291 g/mol. The fourth-order valence-corrected chi connectivity index (χ4v) is 2.33. The van der Waals surface area contributed by atoms with E-state index in [0.717, 1.165) is 11.3 Å². The second kappa shape index (κ2) is 6.53. The van der Waals surface area contributed by atoms with Crippen LogP contribution in [0.3, 0.4) is 0 Å². The quantitative estimate of drug-likeness (QED) is 0.892. The Morgan fingerprint density at radius 1 is 1.05 bits per heavy atom. The third-order valence-corrected chi connectivity index (χ3v) is 3.59. The van der Waals surface area contributed by atoms with Crippen molar-refractivity contribution in [2.24, 2.45) is 0 Å². The van der Waals surface area contributed by atoms with E-state index in [1.807, 2.05) is 30.3 Å². The van der Waals surface area contributed by atoms with Gasteiger partial charge in [-0.3, -0.25) is 0 Å². The number of rotatable bonds is 5. The van der Waals surface area contributed by atoms with Gasteiger partial charge >= 0.3 is 0 Å². The summed E-state index contributed by atoms with van der Waals surface area (Å²) < 4.78 is 10.5. The molecule has 0 fully saturated rings. The molecular formula is C16H18ClNO2. The summed E-state index contributed by atoms with van der Waals surface area (Å²) in [6, 6.07) is 11.9. The zero-order valence-electron chi connectivity index (χ0n) is 11.9. The van der Waals surface area contributed by atoms with Crippen LogP contribution in [-0.2, 0) is 6.54 Å². The fraction of sp³-hybridized carbons (Fsp3) is 0.250. The number of benzene rings is 2. The Bertz CT molecular complexity index is 599. The van der Waals surface area contributed by atoms with Crippen LogP contribution in [-0.4, -0.2) is 14.2 Å². The third kappa shape index (κ3) is 2.99. The number of hydrogen-bond donors (Lipinski definition) is 1. The number of nitrogens with one attached hydrogen (secondary N) is 1. The Morgan fingerprint density at radius 3 is 2.45 bits per heavy atom. The minimum absolute atomic E-state index is 0.568. The Labute approximate surface area is 124 Å². The SMILES string of the molecule is COc1ccc(CNc2ccccc2C)c(Cl)c1OC. The zero-order chi connectivity index (χ0) is 14.5. The molecule has 4 heteroatoms. The van der Waals surface area contributed by atoms with Crippen LogP contribution in [0.15, 0.2) is 36.4 Å². The van der Waals surface area contributed by atoms with E-state index >= 15 is 0 Å². The van der Waals surface area contributed by atoms with E-state index in [1.165, 1.54) is 5.56 Å². The molecule has 2 rings (SSSR count). The van der Waals surface area contributed by atoms with Crippen LogP contribution in [0.25, 0.3) is 0 Å². The first-order chi connectivity index (χ1) is 9.67. The zero-order valence-corrected chi connectivity index (χ0v) is 12.6. The van der Waals surface area contributed by atoms with Crippen molar-refractivity contribution >= 4 is 17.3 Å². The second-order valence-electron chi connectivity index (χ2n) is 4.44. The number of ether oxygens (including phenoxy) is 2. The van der Waals surface area contributed by atoms with Crippen molar-refractivity contribution in [2.75, 3.05) is 19.5 Å². The highest BCUT2D eigenvalue weighted by atomic mass is 35.5. The maximum atomic E-state index is 6.35. The molecule has 20 heavy (non-hydrogen) atoms. The molecule has 0 bridgehead atoms. The lowest BCUT2D eigenvalue weighted by Gasteiger charge is -2.14. The molecule has 0 spiro atoms. The summed E-state index contributed by atoms with van der Waals surface area (Å²) in [6.45, 7) is 2.70. The average Bonchev–Trinajstić information content (AvgIpc) is 2.47. The van der Waals surface area contributed by atoms with Crippen molar-refractivity contribution in [1.29, 1.82) is 0 Å². The van der Waals surface area contributed by atoms with Crippen LogP contribution in [0.5, 0.6) is 11.5 Å². The highest BCUT2D eigenvalue weighted by molar-refractivity contribution is 6.33. The molecule has 1 N–H and O–H groups in total. The summed E-state index contributed by atoms with van der Waals surface area (Å²) in [4.78, 5) is 0. The van der Waals surface area contributed by atoms with E-state index in [9.17, 15) is 0 Å². The summed E-state index contributed by atoms with van der Waals surface area (Å²) in [5.41, 5.74) is 3.26.